The highest BCUT2D eigenvalue weighted by atomic mass is 16.5. The number of nitrogens with zero attached hydrogens (tertiary/aromatic N) is 4. The van der Waals surface area contributed by atoms with Crippen LogP contribution < -0.4 is 10.6 Å². The molecule has 8 nitrogen and oxygen atoms in total. The smallest absolute Gasteiger partial charge is 0.229 e. The first-order valence-corrected chi connectivity index (χ1v) is 11.3. The van der Waals surface area contributed by atoms with Crippen molar-refractivity contribution in [3.05, 3.63) is 82.1 Å². The standard InChI is InChI=1S/C28H28N6O2/c1-19-15-22(7-5-13-29)16-20(2)26(19)33-27-24(8-6-14-35-3)25(18-36-4)32-28(34-27)31-23-11-9-21(17-30)10-12-23/h5-12,15-16H,14,18H2,1-4H3,(H2,31,32,33,34). The number of aryl methyl sites for hydroxylation is 2. The van der Waals surface area contributed by atoms with Gasteiger partial charge in [0.1, 0.15) is 5.82 Å². The van der Waals surface area contributed by atoms with Crippen LogP contribution in [0.2, 0.25) is 0 Å². The molecule has 0 unspecified atom stereocenters. The van der Waals surface area contributed by atoms with E-state index in [0.29, 0.717) is 29.6 Å². The van der Waals surface area contributed by atoms with Crippen molar-refractivity contribution in [2.45, 2.75) is 20.5 Å². The Balaban J connectivity index is 2.08. The van der Waals surface area contributed by atoms with Crippen LogP contribution in [0.15, 0.2) is 48.6 Å². The van der Waals surface area contributed by atoms with Crippen LogP contribution in [0.1, 0.15) is 33.5 Å². The summed E-state index contributed by atoms with van der Waals surface area (Å²) in [5.41, 5.74) is 6.68. The maximum atomic E-state index is 9.06. The largest absolute Gasteiger partial charge is 0.381 e. The van der Waals surface area contributed by atoms with E-state index in [4.69, 9.17) is 25.0 Å². The van der Waals surface area contributed by atoms with Crippen molar-refractivity contribution in [1.29, 1.82) is 10.5 Å². The van der Waals surface area contributed by atoms with Crippen LogP contribution in [0, 0.1) is 36.5 Å². The number of hydrogen-bond acceptors (Lipinski definition) is 8. The van der Waals surface area contributed by atoms with Gasteiger partial charge in [0.2, 0.25) is 5.95 Å². The van der Waals surface area contributed by atoms with Crippen LogP contribution in [-0.2, 0) is 16.1 Å². The van der Waals surface area contributed by atoms with Crippen molar-refractivity contribution in [2.24, 2.45) is 0 Å². The fourth-order valence-corrected chi connectivity index (χ4v) is 3.65. The number of aromatic nitrogens is 2. The predicted octanol–water partition coefficient (Wildman–Crippen LogP) is 5.80. The lowest BCUT2D eigenvalue weighted by Crippen LogP contribution is -2.09. The lowest BCUT2D eigenvalue weighted by molar-refractivity contribution is 0.181. The number of allylic oxidation sites excluding steroid dienone is 1. The lowest BCUT2D eigenvalue weighted by Gasteiger charge is -2.18. The zero-order valence-electron chi connectivity index (χ0n) is 20.8. The van der Waals surface area contributed by atoms with Crippen LogP contribution in [0.5, 0.6) is 0 Å². The Kier molecular flexibility index (Phi) is 9.30. The van der Waals surface area contributed by atoms with Gasteiger partial charge in [-0.3, -0.25) is 0 Å². The molecule has 0 aliphatic heterocycles. The molecule has 2 aromatic carbocycles. The van der Waals surface area contributed by atoms with Gasteiger partial charge in [0.05, 0.1) is 36.6 Å². The van der Waals surface area contributed by atoms with Gasteiger partial charge in [-0.2, -0.15) is 15.5 Å². The van der Waals surface area contributed by atoms with Crippen molar-refractivity contribution >= 4 is 35.3 Å². The van der Waals surface area contributed by atoms with E-state index in [-0.39, 0.29) is 6.61 Å². The molecule has 0 spiro atoms. The molecule has 2 N–H and O–H groups in total. The van der Waals surface area contributed by atoms with Gasteiger partial charge in [-0.1, -0.05) is 12.2 Å². The highest BCUT2D eigenvalue weighted by Gasteiger charge is 2.15. The van der Waals surface area contributed by atoms with E-state index in [0.717, 1.165) is 33.6 Å². The first-order valence-electron chi connectivity index (χ1n) is 11.3. The molecule has 0 atom stereocenters. The molecule has 182 valence electrons. The molecule has 0 saturated carbocycles. The predicted molar refractivity (Wildman–Crippen MR) is 142 cm³/mol. The zero-order valence-corrected chi connectivity index (χ0v) is 20.8. The first kappa shape index (κ1) is 26.1. The molecule has 0 aliphatic rings. The van der Waals surface area contributed by atoms with Crippen LogP contribution in [0.25, 0.3) is 12.2 Å². The van der Waals surface area contributed by atoms with Crippen LogP contribution in [0.4, 0.5) is 23.1 Å². The van der Waals surface area contributed by atoms with E-state index in [1.54, 1.807) is 44.6 Å². The average Bonchev–Trinajstić information content (AvgIpc) is 2.87. The summed E-state index contributed by atoms with van der Waals surface area (Å²) in [7, 11) is 3.25. The van der Waals surface area contributed by atoms with Gasteiger partial charge in [0.15, 0.2) is 0 Å². The Hall–Kier alpha value is -4.50. The molecule has 1 aromatic heterocycles. The highest BCUT2D eigenvalue weighted by molar-refractivity contribution is 5.76. The Bertz CT molecular complexity index is 1330. The lowest BCUT2D eigenvalue weighted by atomic mass is 10.0. The van der Waals surface area contributed by atoms with E-state index >= 15 is 0 Å². The molecule has 8 heteroatoms. The number of hydrogen-bond donors (Lipinski definition) is 2. The average molecular weight is 481 g/mol. The minimum Gasteiger partial charge on any atom is -0.381 e. The van der Waals surface area contributed by atoms with Gasteiger partial charge < -0.3 is 20.1 Å². The molecule has 3 aromatic rings. The molecule has 36 heavy (non-hydrogen) atoms. The van der Waals surface area contributed by atoms with Gasteiger partial charge >= 0.3 is 0 Å². The fraction of sp³-hybridized carbons (Fsp3) is 0.214. The summed E-state index contributed by atoms with van der Waals surface area (Å²) < 4.78 is 10.6. The second-order valence-electron chi connectivity index (χ2n) is 7.98. The van der Waals surface area contributed by atoms with Crippen LogP contribution in [0.3, 0.4) is 0 Å². The summed E-state index contributed by atoms with van der Waals surface area (Å²) in [5, 5.41) is 24.6. The number of ether oxygens (including phenoxy) is 2. The van der Waals surface area contributed by atoms with Crippen molar-refractivity contribution in [3.8, 4) is 12.1 Å². The topological polar surface area (TPSA) is 116 Å². The summed E-state index contributed by atoms with van der Waals surface area (Å²) in [4.78, 5) is 9.47. The van der Waals surface area contributed by atoms with Crippen molar-refractivity contribution in [3.63, 3.8) is 0 Å². The van der Waals surface area contributed by atoms with Gasteiger partial charge in [0, 0.05) is 37.2 Å². The van der Waals surface area contributed by atoms with Crippen molar-refractivity contribution < 1.29 is 9.47 Å². The monoisotopic (exact) mass is 480 g/mol. The molecule has 1 heterocycles. The van der Waals surface area contributed by atoms with E-state index in [1.165, 1.54) is 6.08 Å². The molecule has 0 radical (unpaired) electrons. The van der Waals surface area contributed by atoms with E-state index < -0.39 is 0 Å². The Morgan fingerprint density at radius 1 is 0.944 bits per heavy atom. The summed E-state index contributed by atoms with van der Waals surface area (Å²) >= 11 is 0. The van der Waals surface area contributed by atoms with Gasteiger partial charge in [-0.05, 0) is 73.0 Å². The summed E-state index contributed by atoms with van der Waals surface area (Å²) in [6, 6.07) is 15.2. The maximum absolute atomic E-state index is 9.06. The Morgan fingerprint density at radius 2 is 1.67 bits per heavy atom. The number of nitriles is 2. The zero-order chi connectivity index (χ0) is 25.9. The third-order valence-corrected chi connectivity index (χ3v) is 5.27. The van der Waals surface area contributed by atoms with Crippen LogP contribution in [-0.4, -0.2) is 30.8 Å². The van der Waals surface area contributed by atoms with Crippen molar-refractivity contribution in [1.82, 2.24) is 9.97 Å². The molecular formula is C28H28N6O2. The number of benzene rings is 2. The van der Waals surface area contributed by atoms with Gasteiger partial charge in [0.25, 0.3) is 0 Å². The highest BCUT2D eigenvalue weighted by Crippen LogP contribution is 2.30. The fourth-order valence-electron chi connectivity index (χ4n) is 3.65. The molecule has 0 bridgehead atoms. The van der Waals surface area contributed by atoms with Crippen LogP contribution >= 0.6 is 0 Å². The van der Waals surface area contributed by atoms with Gasteiger partial charge in [-0.15, -0.1) is 0 Å². The number of anilines is 4. The second kappa shape index (κ2) is 12.8. The van der Waals surface area contributed by atoms with E-state index in [1.807, 2.05) is 44.2 Å². The molecule has 0 aliphatic carbocycles. The number of rotatable bonds is 10. The SMILES string of the molecule is COCC=Cc1c(COC)nc(Nc2ccc(C#N)cc2)nc1Nc1c(C)cc(C=CC#N)cc1C. The van der Waals surface area contributed by atoms with E-state index in [9.17, 15) is 0 Å². The Labute approximate surface area is 211 Å². The second-order valence-corrected chi connectivity index (χ2v) is 7.98. The number of methoxy groups -OCH3 is 2. The molecule has 0 amide bonds. The number of nitrogens with one attached hydrogen (secondary N) is 2. The summed E-state index contributed by atoms with van der Waals surface area (Å²) in [6.07, 6.45) is 7.05. The summed E-state index contributed by atoms with van der Waals surface area (Å²) in [5.74, 6) is 0.995. The third kappa shape index (κ3) is 6.77. The first-order chi connectivity index (χ1) is 17.5. The minimum absolute atomic E-state index is 0.280. The molecule has 0 saturated heterocycles. The normalized spacial score (nSPS) is 10.9. The Morgan fingerprint density at radius 3 is 2.28 bits per heavy atom. The quantitative estimate of drug-likeness (QED) is 0.350. The molecule has 3 rings (SSSR count). The third-order valence-electron chi connectivity index (χ3n) is 5.27. The molecular weight excluding hydrogens is 452 g/mol. The van der Waals surface area contributed by atoms with Crippen molar-refractivity contribution in [2.75, 3.05) is 31.5 Å². The maximum Gasteiger partial charge on any atom is 0.229 e. The summed E-state index contributed by atoms with van der Waals surface area (Å²) in [6.45, 7) is 4.73. The van der Waals surface area contributed by atoms with Gasteiger partial charge in [-0.25, -0.2) is 4.98 Å². The minimum atomic E-state index is 0.280. The van der Waals surface area contributed by atoms with E-state index in [2.05, 4.69) is 21.7 Å². The molecule has 0 fully saturated rings.